The van der Waals surface area contributed by atoms with Gasteiger partial charge in [0, 0.05) is 0 Å². The number of hydrogen-bond acceptors (Lipinski definition) is 0. The normalized spacial score (nSPS) is 6.67. The molecular weight excluding hydrogens is 144 g/mol. The van der Waals surface area contributed by atoms with Crippen LogP contribution in [-0.2, 0) is 0 Å². The number of allylic oxidation sites excluding steroid dienone is 3. The Kier molecular flexibility index (Phi) is 19.1. The molecule has 0 aliphatic heterocycles. The second-order valence-corrected chi connectivity index (χ2v) is 3.21. The van der Waals surface area contributed by atoms with Crippen LogP contribution in [0.4, 0.5) is 0 Å². The van der Waals surface area contributed by atoms with E-state index in [1.54, 1.807) is 0 Å². The molecule has 0 atom stereocenters. The second-order valence-electron chi connectivity index (χ2n) is 3.21. The van der Waals surface area contributed by atoms with Gasteiger partial charge in [0.25, 0.3) is 0 Å². The molecule has 0 aliphatic rings. The first-order chi connectivity index (χ1) is 5.37. The van der Waals surface area contributed by atoms with Crippen molar-refractivity contribution in [1.82, 2.24) is 0 Å². The molecule has 0 N–H and O–H groups in total. The van der Waals surface area contributed by atoms with E-state index in [0.29, 0.717) is 0 Å². The van der Waals surface area contributed by atoms with Crippen molar-refractivity contribution < 1.29 is 0 Å². The summed E-state index contributed by atoms with van der Waals surface area (Å²) in [7, 11) is 0. The van der Waals surface area contributed by atoms with E-state index in [-0.39, 0.29) is 0 Å². The maximum Gasteiger partial charge on any atom is -0.0440 e. The van der Waals surface area contributed by atoms with Crippen LogP contribution in [0.3, 0.4) is 0 Å². The molecule has 0 nitrogen and oxygen atoms in total. The maximum atomic E-state index is 3.56. The lowest BCUT2D eigenvalue weighted by molar-refractivity contribution is 1.23. The highest BCUT2D eigenvalue weighted by Crippen LogP contribution is 1.96. The zero-order chi connectivity index (χ0) is 10.7. The molecule has 0 aliphatic carbocycles. The fraction of sp³-hybridized carbons (Fsp3) is 0.667. The van der Waals surface area contributed by atoms with Crippen LogP contribution >= 0.6 is 0 Å². The van der Waals surface area contributed by atoms with Crippen molar-refractivity contribution in [2.75, 3.05) is 0 Å². The average Bonchev–Trinajstić information content (AvgIpc) is 1.90. The Bertz CT molecular complexity index is 105. The summed E-state index contributed by atoms with van der Waals surface area (Å²) in [5, 5.41) is 0. The van der Waals surface area contributed by atoms with Gasteiger partial charge >= 0.3 is 0 Å². The van der Waals surface area contributed by atoms with Crippen LogP contribution in [0.1, 0.15) is 55.4 Å². The molecule has 0 radical (unpaired) electrons. The molecule has 0 spiro atoms. The molecule has 0 amide bonds. The predicted octanol–water partition coefficient (Wildman–Crippen LogP) is 4.97. The Hall–Kier alpha value is -0.520. The highest BCUT2D eigenvalue weighted by atomic mass is 13.8. The Morgan fingerprint density at radius 2 is 0.750 bits per heavy atom. The molecule has 0 unspecified atom stereocenters. The van der Waals surface area contributed by atoms with E-state index in [4.69, 9.17) is 0 Å². The lowest BCUT2D eigenvalue weighted by Gasteiger charge is -1.88. The topological polar surface area (TPSA) is 0 Å². The summed E-state index contributed by atoms with van der Waals surface area (Å²) < 4.78 is 0. The van der Waals surface area contributed by atoms with Crippen LogP contribution in [0.5, 0.6) is 0 Å². The van der Waals surface area contributed by atoms with E-state index in [0.717, 1.165) is 0 Å². The molecule has 12 heavy (non-hydrogen) atoms. The quantitative estimate of drug-likeness (QED) is 0.450. The SMILES string of the molecule is C=C(C)C.CC.CC(C)=C(C)C. The van der Waals surface area contributed by atoms with Gasteiger partial charge in [-0.05, 0) is 41.5 Å². The average molecular weight is 170 g/mol. The van der Waals surface area contributed by atoms with E-state index in [9.17, 15) is 0 Å². The van der Waals surface area contributed by atoms with Crippen molar-refractivity contribution in [2.45, 2.75) is 55.4 Å². The molecule has 74 valence electrons. The molecule has 0 aromatic heterocycles. The lowest BCUT2D eigenvalue weighted by atomic mass is 10.2. The van der Waals surface area contributed by atoms with Crippen molar-refractivity contribution in [3.8, 4) is 0 Å². The van der Waals surface area contributed by atoms with Gasteiger partial charge in [0.05, 0.1) is 0 Å². The minimum Gasteiger partial charge on any atom is -0.100 e. The second kappa shape index (κ2) is 13.1. The van der Waals surface area contributed by atoms with E-state index in [1.165, 1.54) is 16.7 Å². The fourth-order valence-corrected chi connectivity index (χ4v) is 0. The number of hydrogen-bond donors (Lipinski definition) is 0. The van der Waals surface area contributed by atoms with Crippen LogP contribution in [0.15, 0.2) is 23.3 Å². The Morgan fingerprint density at radius 1 is 0.667 bits per heavy atom. The molecule has 0 rings (SSSR count). The van der Waals surface area contributed by atoms with Crippen molar-refractivity contribution in [2.24, 2.45) is 0 Å². The molecule has 0 saturated heterocycles. The molecule has 0 heteroatoms. The summed E-state index contributed by atoms with van der Waals surface area (Å²) in [6.07, 6.45) is 0. The van der Waals surface area contributed by atoms with E-state index >= 15 is 0 Å². The summed E-state index contributed by atoms with van der Waals surface area (Å²) >= 11 is 0. The summed E-state index contributed by atoms with van der Waals surface area (Å²) in [5.41, 5.74) is 4.02. The monoisotopic (exact) mass is 170 g/mol. The van der Waals surface area contributed by atoms with Gasteiger partial charge in [-0.1, -0.05) is 30.6 Å². The molecule has 0 fully saturated rings. The highest BCUT2D eigenvalue weighted by molar-refractivity contribution is 5.02. The zero-order valence-corrected chi connectivity index (χ0v) is 10.2. The smallest absolute Gasteiger partial charge is 0.0440 e. The van der Waals surface area contributed by atoms with Gasteiger partial charge in [0.15, 0.2) is 0 Å². The van der Waals surface area contributed by atoms with Crippen molar-refractivity contribution in [1.29, 1.82) is 0 Å². The third-order valence-electron chi connectivity index (χ3n) is 1.00. The maximum absolute atomic E-state index is 3.56. The first kappa shape index (κ1) is 17.5. The highest BCUT2D eigenvalue weighted by Gasteiger charge is 1.75. The van der Waals surface area contributed by atoms with Crippen LogP contribution < -0.4 is 0 Å². The molecular formula is C12H26. The molecule has 0 aromatic rings. The third-order valence-corrected chi connectivity index (χ3v) is 1.00. The third kappa shape index (κ3) is 56.3. The Labute approximate surface area is 79.4 Å². The summed E-state index contributed by atoms with van der Waals surface area (Å²) in [5.74, 6) is 0. The van der Waals surface area contributed by atoms with Gasteiger partial charge in [-0.2, -0.15) is 0 Å². The minimum absolute atomic E-state index is 1.17. The van der Waals surface area contributed by atoms with Crippen molar-refractivity contribution in [3.05, 3.63) is 23.3 Å². The summed E-state index contributed by atoms with van der Waals surface area (Å²) in [4.78, 5) is 0. The molecule has 0 saturated carbocycles. The largest absolute Gasteiger partial charge is 0.100 e. The Balaban J connectivity index is -0.000000118. The minimum atomic E-state index is 1.17. The van der Waals surface area contributed by atoms with Crippen molar-refractivity contribution >= 4 is 0 Å². The van der Waals surface area contributed by atoms with E-state index in [1.807, 2.05) is 27.7 Å². The summed E-state index contributed by atoms with van der Waals surface area (Å²) in [6, 6.07) is 0. The van der Waals surface area contributed by atoms with Crippen LogP contribution in [0.2, 0.25) is 0 Å². The van der Waals surface area contributed by atoms with E-state index in [2.05, 4.69) is 34.3 Å². The number of rotatable bonds is 0. The van der Waals surface area contributed by atoms with Crippen LogP contribution in [0, 0.1) is 0 Å². The van der Waals surface area contributed by atoms with Gasteiger partial charge in [-0.3, -0.25) is 0 Å². The van der Waals surface area contributed by atoms with Gasteiger partial charge in [-0.15, -0.1) is 6.58 Å². The first-order valence-electron chi connectivity index (χ1n) is 4.60. The van der Waals surface area contributed by atoms with Crippen molar-refractivity contribution in [3.63, 3.8) is 0 Å². The van der Waals surface area contributed by atoms with E-state index < -0.39 is 0 Å². The molecule has 0 bridgehead atoms. The predicted molar refractivity (Wildman–Crippen MR) is 61.6 cm³/mol. The van der Waals surface area contributed by atoms with Crippen LogP contribution in [-0.4, -0.2) is 0 Å². The van der Waals surface area contributed by atoms with Gasteiger partial charge in [0.2, 0.25) is 0 Å². The van der Waals surface area contributed by atoms with Gasteiger partial charge < -0.3 is 0 Å². The molecule has 0 heterocycles. The fourth-order valence-electron chi connectivity index (χ4n) is 0. The van der Waals surface area contributed by atoms with Gasteiger partial charge in [-0.25, -0.2) is 0 Å². The lowest BCUT2D eigenvalue weighted by Crippen LogP contribution is -1.66. The summed E-state index contributed by atoms with van der Waals surface area (Å²) in [6.45, 7) is 20.0. The first-order valence-corrected chi connectivity index (χ1v) is 4.60. The Morgan fingerprint density at radius 3 is 0.750 bits per heavy atom. The van der Waals surface area contributed by atoms with Crippen LogP contribution in [0.25, 0.3) is 0 Å². The molecule has 0 aromatic carbocycles. The van der Waals surface area contributed by atoms with Gasteiger partial charge in [0.1, 0.15) is 0 Å². The zero-order valence-electron chi connectivity index (χ0n) is 10.2. The standard InChI is InChI=1S/C6H12.C4H8.C2H6/c1-5(2)6(3)4;1-4(2)3;1-2/h1-4H3;1H2,2-3H3;1-2H3.